The highest BCUT2D eigenvalue weighted by atomic mass is 16.5. The summed E-state index contributed by atoms with van der Waals surface area (Å²) in [6.07, 6.45) is 0. The van der Waals surface area contributed by atoms with E-state index in [9.17, 15) is 4.79 Å². The molecule has 0 bridgehead atoms. The van der Waals surface area contributed by atoms with Crippen LogP contribution in [0, 0.1) is 6.92 Å². The van der Waals surface area contributed by atoms with E-state index in [1.54, 1.807) is 6.07 Å². The minimum atomic E-state index is -0.178. The first-order valence-corrected chi connectivity index (χ1v) is 8.07. The normalized spacial score (nSPS) is 10.5. The molecule has 6 heteroatoms. The summed E-state index contributed by atoms with van der Waals surface area (Å²) in [5, 5.41) is 6.73. The molecule has 25 heavy (non-hydrogen) atoms. The SMILES string of the molecule is CCNC(=O)COc1ccccc1-c1nc(-c2ccc(C)cc2)no1. The third kappa shape index (κ3) is 4.03. The molecular weight excluding hydrogens is 318 g/mol. The van der Waals surface area contributed by atoms with Gasteiger partial charge < -0.3 is 14.6 Å². The quantitative estimate of drug-likeness (QED) is 0.747. The van der Waals surface area contributed by atoms with Gasteiger partial charge in [-0.15, -0.1) is 0 Å². The van der Waals surface area contributed by atoms with Gasteiger partial charge in [0.1, 0.15) is 5.75 Å². The van der Waals surface area contributed by atoms with E-state index < -0.39 is 0 Å². The summed E-state index contributed by atoms with van der Waals surface area (Å²) in [4.78, 5) is 16.0. The van der Waals surface area contributed by atoms with E-state index in [4.69, 9.17) is 9.26 Å². The van der Waals surface area contributed by atoms with Gasteiger partial charge >= 0.3 is 0 Å². The van der Waals surface area contributed by atoms with Crippen molar-refractivity contribution in [3.05, 3.63) is 54.1 Å². The van der Waals surface area contributed by atoms with Crippen LogP contribution in [0.5, 0.6) is 5.75 Å². The number of amides is 1. The van der Waals surface area contributed by atoms with Crippen molar-refractivity contribution >= 4 is 5.91 Å². The summed E-state index contributed by atoms with van der Waals surface area (Å²) in [7, 11) is 0. The maximum absolute atomic E-state index is 11.6. The molecule has 0 fully saturated rings. The van der Waals surface area contributed by atoms with Gasteiger partial charge in [0.2, 0.25) is 5.82 Å². The second kappa shape index (κ2) is 7.61. The molecule has 1 amide bonds. The fourth-order valence-corrected chi connectivity index (χ4v) is 2.31. The zero-order valence-electron chi connectivity index (χ0n) is 14.2. The highest BCUT2D eigenvalue weighted by Crippen LogP contribution is 2.30. The Morgan fingerprint density at radius 3 is 2.68 bits per heavy atom. The van der Waals surface area contributed by atoms with Gasteiger partial charge in [-0.2, -0.15) is 4.98 Å². The average molecular weight is 337 g/mol. The fraction of sp³-hybridized carbons (Fsp3) is 0.211. The number of ether oxygens (including phenoxy) is 1. The monoisotopic (exact) mass is 337 g/mol. The number of rotatable bonds is 6. The van der Waals surface area contributed by atoms with Crippen LogP contribution < -0.4 is 10.1 Å². The number of para-hydroxylation sites is 1. The van der Waals surface area contributed by atoms with E-state index in [-0.39, 0.29) is 12.5 Å². The third-order valence-corrected chi connectivity index (χ3v) is 3.59. The second-order valence-electron chi connectivity index (χ2n) is 5.53. The molecule has 1 N–H and O–H groups in total. The molecule has 1 aromatic heterocycles. The summed E-state index contributed by atoms with van der Waals surface area (Å²) in [5.41, 5.74) is 2.69. The minimum absolute atomic E-state index is 0.0657. The molecule has 2 aromatic carbocycles. The third-order valence-electron chi connectivity index (χ3n) is 3.59. The van der Waals surface area contributed by atoms with E-state index in [2.05, 4.69) is 15.5 Å². The lowest BCUT2D eigenvalue weighted by molar-refractivity contribution is -0.122. The number of likely N-dealkylation sites (N-methyl/N-ethyl adjacent to an activating group) is 1. The predicted octanol–water partition coefficient (Wildman–Crippen LogP) is 3.23. The van der Waals surface area contributed by atoms with Crippen LogP contribution in [0.1, 0.15) is 12.5 Å². The smallest absolute Gasteiger partial charge is 0.262 e. The van der Waals surface area contributed by atoms with Gasteiger partial charge in [-0.1, -0.05) is 47.1 Å². The number of carbonyl (C=O) groups is 1. The summed E-state index contributed by atoms with van der Waals surface area (Å²) >= 11 is 0. The lowest BCUT2D eigenvalue weighted by Gasteiger charge is -2.08. The Kier molecular flexibility index (Phi) is 5.09. The molecule has 0 aliphatic heterocycles. The van der Waals surface area contributed by atoms with Crippen molar-refractivity contribution in [3.8, 4) is 28.6 Å². The summed E-state index contributed by atoms with van der Waals surface area (Å²) in [6, 6.07) is 15.1. The van der Waals surface area contributed by atoms with Gasteiger partial charge in [-0.3, -0.25) is 4.79 Å². The Hall–Kier alpha value is -3.15. The molecule has 0 unspecified atom stereocenters. The molecule has 1 heterocycles. The maximum Gasteiger partial charge on any atom is 0.262 e. The molecule has 0 atom stereocenters. The first kappa shape index (κ1) is 16.7. The number of nitrogens with zero attached hydrogens (tertiary/aromatic N) is 2. The van der Waals surface area contributed by atoms with E-state index in [1.165, 1.54) is 0 Å². The molecule has 0 aliphatic carbocycles. The van der Waals surface area contributed by atoms with Gasteiger partial charge in [0.15, 0.2) is 6.61 Å². The Morgan fingerprint density at radius 2 is 1.92 bits per heavy atom. The highest BCUT2D eigenvalue weighted by Gasteiger charge is 2.15. The van der Waals surface area contributed by atoms with Crippen LogP contribution in [-0.2, 0) is 4.79 Å². The zero-order valence-corrected chi connectivity index (χ0v) is 14.2. The molecule has 0 saturated heterocycles. The largest absolute Gasteiger partial charge is 0.483 e. The van der Waals surface area contributed by atoms with Crippen molar-refractivity contribution in [2.75, 3.05) is 13.2 Å². The van der Waals surface area contributed by atoms with Crippen LogP contribution in [0.25, 0.3) is 22.8 Å². The van der Waals surface area contributed by atoms with Crippen LogP contribution in [0.15, 0.2) is 53.1 Å². The van der Waals surface area contributed by atoms with Gasteiger partial charge in [0.25, 0.3) is 11.8 Å². The topological polar surface area (TPSA) is 77.2 Å². The Bertz CT molecular complexity index is 856. The number of aromatic nitrogens is 2. The lowest BCUT2D eigenvalue weighted by atomic mass is 10.1. The molecule has 0 spiro atoms. The van der Waals surface area contributed by atoms with Crippen LogP contribution in [0.3, 0.4) is 0 Å². The van der Waals surface area contributed by atoms with Gasteiger partial charge in [-0.05, 0) is 26.0 Å². The Balaban J connectivity index is 1.82. The lowest BCUT2D eigenvalue weighted by Crippen LogP contribution is -2.28. The van der Waals surface area contributed by atoms with Crippen molar-refractivity contribution in [1.29, 1.82) is 0 Å². The summed E-state index contributed by atoms with van der Waals surface area (Å²) < 4.78 is 11.0. The predicted molar refractivity (Wildman–Crippen MR) is 94.1 cm³/mol. The number of hydrogen-bond donors (Lipinski definition) is 1. The second-order valence-corrected chi connectivity index (χ2v) is 5.53. The van der Waals surface area contributed by atoms with Gasteiger partial charge in [0, 0.05) is 12.1 Å². The van der Waals surface area contributed by atoms with E-state index in [1.807, 2.05) is 56.3 Å². The van der Waals surface area contributed by atoms with Crippen molar-refractivity contribution in [2.24, 2.45) is 0 Å². The van der Waals surface area contributed by atoms with Gasteiger partial charge in [-0.25, -0.2) is 0 Å². The molecule has 128 valence electrons. The zero-order chi connectivity index (χ0) is 17.6. The first-order valence-electron chi connectivity index (χ1n) is 8.07. The molecule has 6 nitrogen and oxygen atoms in total. The van der Waals surface area contributed by atoms with Crippen LogP contribution >= 0.6 is 0 Å². The first-order chi connectivity index (χ1) is 12.2. The average Bonchev–Trinajstić information content (AvgIpc) is 3.11. The number of benzene rings is 2. The van der Waals surface area contributed by atoms with Crippen molar-refractivity contribution in [2.45, 2.75) is 13.8 Å². The molecule has 3 rings (SSSR count). The summed E-state index contributed by atoms with van der Waals surface area (Å²) in [6.45, 7) is 4.38. The Labute approximate surface area is 145 Å². The van der Waals surface area contributed by atoms with Crippen LogP contribution in [0.4, 0.5) is 0 Å². The number of hydrogen-bond acceptors (Lipinski definition) is 5. The van der Waals surface area contributed by atoms with Crippen LogP contribution in [0.2, 0.25) is 0 Å². The number of nitrogens with one attached hydrogen (secondary N) is 1. The number of aryl methyl sites for hydroxylation is 1. The molecule has 0 radical (unpaired) electrons. The number of carbonyl (C=O) groups excluding carboxylic acids is 1. The fourth-order valence-electron chi connectivity index (χ4n) is 2.31. The van der Waals surface area contributed by atoms with E-state index in [0.29, 0.717) is 29.6 Å². The van der Waals surface area contributed by atoms with Crippen molar-refractivity contribution in [1.82, 2.24) is 15.5 Å². The van der Waals surface area contributed by atoms with Crippen molar-refractivity contribution < 1.29 is 14.1 Å². The highest BCUT2D eigenvalue weighted by molar-refractivity contribution is 5.77. The van der Waals surface area contributed by atoms with Crippen LogP contribution in [-0.4, -0.2) is 29.2 Å². The van der Waals surface area contributed by atoms with E-state index in [0.717, 1.165) is 11.1 Å². The minimum Gasteiger partial charge on any atom is -0.483 e. The summed E-state index contributed by atoms with van der Waals surface area (Å²) in [5.74, 6) is 1.20. The van der Waals surface area contributed by atoms with E-state index >= 15 is 0 Å². The molecular formula is C19H19N3O3. The molecule has 0 aliphatic rings. The Morgan fingerprint density at radius 1 is 1.16 bits per heavy atom. The molecule has 0 saturated carbocycles. The van der Waals surface area contributed by atoms with Gasteiger partial charge in [0.05, 0.1) is 5.56 Å². The maximum atomic E-state index is 11.6. The standard InChI is InChI=1S/C19H19N3O3/c1-3-20-17(23)12-24-16-7-5-4-6-15(16)19-21-18(22-25-19)14-10-8-13(2)9-11-14/h4-11H,3,12H2,1-2H3,(H,20,23). The molecule has 3 aromatic rings. The van der Waals surface area contributed by atoms with Crippen molar-refractivity contribution in [3.63, 3.8) is 0 Å².